The number of carboxylic acid groups (broad SMARTS) is 1. The zero-order chi connectivity index (χ0) is 24.2. The molecule has 0 aromatic heterocycles. The molecular formula is C28H30N2O5. The first-order valence-corrected chi connectivity index (χ1v) is 12.5. The number of alkyl carbamates (subject to hydrolysis) is 1. The Balaban J connectivity index is 0.984. The average Bonchev–Trinajstić information content (AvgIpc) is 3.52. The highest BCUT2D eigenvalue weighted by molar-refractivity contribution is 5.90. The lowest BCUT2D eigenvalue weighted by molar-refractivity contribution is -0.166. The van der Waals surface area contributed by atoms with Crippen molar-refractivity contribution in [3.05, 3.63) is 59.7 Å². The maximum Gasteiger partial charge on any atom is 0.407 e. The minimum absolute atomic E-state index is 0.00115. The number of aliphatic carboxylic acids is 1. The van der Waals surface area contributed by atoms with Crippen molar-refractivity contribution in [2.45, 2.75) is 50.0 Å². The van der Waals surface area contributed by atoms with E-state index in [2.05, 4.69) is 34.9 Å². The van der Waals surface area contributed by atoms with Crippen LogP contribution in [0.15, 0.2) is 48.5 Å². The van der Waals surface area contributed by atoms with Crippen molar-refractivity contribution in [3.8, 4) is 11.1 Å². The fourth-order valence-corrected chi connectivity index (χ4v) is 6.54. The van der Waals surface area contributed by atoms with Crippen LogP contribution in [0.2, 0.25) is 0 Å². The maximum atomic E-state index is 12.7. The third kappa shape index (κ3) is 3.77. The molecule has 4 aliphatic rings. The number of hydrogen-bond acceptors (Lipinski definition) is 4. The Kier molecular flexibility index (Phi) is 5.13. The van der Waals surface area contributed by atoms with E-state index in [0.717, 1.165) is 30.4 Å². The van der Waals surface area contributed by atoms with Crippen molar-refractivity contribution in [3.63, 3.8) is 0 Å². The molecule has 2 atom stereocenters. The molecule has 0 bridgehead atoms. The van der Waals surface area contributed by atoms with Crippen molar-refractivity contribution < 1.29 is 24.2 Å². The van der Waals surface area contributed by atoms with Crippen LogP contribution in [-0.2, 0) is 14.3 Å². The molecule has 0 aliphatic heterocycles. The second kappa shape index (κ2) is 8.11. The largest absolute Gasteiger partial charge is 0.480 e. The Morgan fingerprint density at radius 2 is 1.60 bits per heavy atom. The molecular weight excluding hydrogens is 444 g/mol. The van der Waals surface area contributed by atoms with Crippen LogP contribution >= 0.6 is 0 Å². The number of rotatable bonds is 7. The number of carbonyl (C=O) groups excluding carboxylic acids is 2. The molecule has 0 saturated heterocycles. The van der Waals surface area contributed by atoms with Gasteiger partial charge in [0.1, 0.15) is 12.1 Å². The van der Waals surface area contributed by atoms with E-state index in [1.807, 2.05) is 24.3 Å². The molecule has 4 aliphatic carbocycles. The highest BCUT2D eigenvalue weighted by Crippen LogP contribution is 2.60. The van der Waals surface area contributed by atoms with Gasteiger partial charge in [0.2, 0.25) is 5.91 Å². The standard InChI is InChI=1S/C28H30N2O5/c31-24(30-28(25(32)33)15-27(16-28)10-5-11-27)22-12-17(22)13-29-26(34)35-14-23-20-8-3-1-6-18(20)19-7-2-4-9-21(19)23/h1-4,6-9,17,22-23H,5,10-16H2,(H,29,34)(H,30,31)(H,32,33). The highest BCUT2D eigenvalue weighted by Gasteiger charge is 2.62. The van der Waals surface area contributed by atoms with E-state index in [9.17, 15) is 19.5 Å². The van der Waals surface area contributed by atoms with Crippen molar-refractivity contribution in [2.24, 2.45) is 17.3 Å². The first-order valence-electron chi connectivity index (χ1n) is 12.5. The molecule has 3 N–H and O–H groups in total. The Bertz CT molecular complexity index is 1150. The molecule has 2 unspecified atom stereocenters. The van der Waals surface area contributed by atoms with E-state index in [4.69, 9.17) is 4.74 Å². The topological polar surface area (TPSA) is 105 Å². The van der Waals surface area contributed by atoms with Crippen LogP contribution in [0.4, 0.5) is 4.79 Å². The summed E-state index contributed by atoms with van der Waals surface area (Å²) in [5.41, 5.74) is 3.71. The zero-order valence-corrected chi connectivity index (χ0v) is 19.6. The van der Waals surface area contributed by atoms with Gasteiger partial charge in [0, 0.05) is 18.4 Å². The van der Waals surface area contributed by atoms with Crippen LogP contribution in [-0.4, -0.2) is 41.8 Å². The summed E-state index contributed by atoms with van der Waals surface area (Å²) < 4.78 is 5.57. The van der Waals surface area contributed by atoms with Gasteiger partial charge in [0.05, 0.1) is 0 Å². The van der Waals surface area contributed by atoms with E-state index in [1.54, 1.807) is 0 Å². The van der Waals surface area contributed by atoms with Crippen LogP contribution in [0.1, 0.15) is 55.6 Å². The third-order valence-electron chi connectivity index (χ3n) is 8.65. The number of fused-ring (bicyclic) bond motifs is 3. The predicted octanol–water partition coefficient (Wildman–Crippen LogP) is 4.06. The van der Waals surface area contributed by atoms with Gasteiger partial charge in [-0.1, -0.05) is 55.0 Å². The second-order valence-electron chi connectivity index (χ2n) is 10.9. The first-order chi connectivity index (χ1) is 16.9. The summed E-state index contributed by atoms with van der Waals surface area (Å²) in [6.45, 7) is 0.593. The zero-order valence-electron chi connectivity index (χ0n) is 19.6. The molecule has 35 heavy (non-hydrogen) atoms. The van der Waals surface area contributed by atoms with Gasteiger partial charge in [-0.25, -0.2) is 9.59 Å². The molecule has 7 nitrogen and oxygen atoms in total. The summed E-state index contributed by atoms with van der Waals surface area (Å²) >= 11 is 0. The molecule has 6 rings (SSSR count). The van der Waals surface area contributed by atoms with E-state index < -0.39 is 17.6 Å². The number of carbonyl (C=O) groups is 3. The van der Waals surface area contributed by atoms with Gasteiger partial charge in [0.25, 0.3) is 0 Å². The quantitative estimate of drug-likeness (QED) is 0.561. The molecule has 182 valence electrons. The predicted molar refractivity (Wildman–Crippen MR) is 129 cm³/mol. The lowest BCUT2D eigenvalue weighted by atomic mass is 9.48. The van der Waals surface area contributed by atoms with E-state index in [1.165, 1.54) is 11.1 Å². The minimum Gasteiger partial charge on any atom is -0.480 e. The van der Waals surface area contributed by atoms with Gasteiger partial charge in [0.15, 0.2) is 0 Å². The average molecular weight is 475 g/mol. The van der Waals surface area contributed by atoms with E-state index >= 15 is 0 Å². The Hall–Kier alpha value is -3.35. The Morgan fingerprint density at radius 1 is 0.971 bits per heavy atom. The number of carboxylic acids is 1. The van der Waals surface area contributed by atoms with Gasteiger partial charge >= 0.3 is 12.1 Å². The van der Waals surface area contributed by atoms with Crippen LogP contribution < -0.4 is 10.6 Å². The molecule has 3 saturated carbocycles. The van der Waals surface area contributed by atoms with Crippen LogP contribution in [0.5, 0.6) is 0 Å². The molecule has 2 amide bonds. The van der Waals surface area contributed by atoms with Crippen molar-refractivity contribution in [1.29, 1.82) is 0 Å². The summed E-state index contributed by atoms with van der Waals surface area (Å²) in [6.07, 6.45) is 4.51. The number of ether oxygens (including phenoxy) is 1. The van der Waals surface area contributed by atoms with Gasteiger partial charge in [-0.15, -0.1) is 0 Å². The Morgan fingerprint density at radius 3 is 2.17 bits per heavy atom. The fourth-order valence-electron chi connectivity index (χ4n) is 6.54. The van der Waals surface area contributed by atoms with E-state index in [-0.39, 0.29) is 35.7 Å². The number of benzene rings is 2. The third-order valence-corrected chi connectivity index (χ3v) is 8.65. The number of hydrogen-bond donors (Lipinski definition) is 3. The summed E-state index contributed by atoms with van der Waals surface area (Å²) in [7, 11) is 0. The summed E-state index contributed by atoms with van der Waals surface area (Å²) in [4.78, 5) is 37.0. The molecule has 3 fully saturated rings. The summed E-state index contributed by atoms with van der Waals surface area (Å²) in [5.74, 6) is -1.38. The second-order valence-corrected chi connectivity index (χ2v) is 10.9. The molecule has 1 spiro atoms. The molecule has 2 aromatic carbocycles. The van der Waals surface area contributed by atoms with Crippen molar-refractivity contribution >= 4 is 18.0 Å². The molecule has 0 heterocycles. The fraction of sp³-hybridized carbons (Fsp3) is 0.464. The van der Waals surface area contributed by atoms with Crippen LogP contribution in [0.25, 0.3) is 11.1 Å². The summed E-state index contributed by atoms with van der Waals surface area (Å²) in [6, 6.07) is 16.4. The SMILES string of the molecule is O=C(NCC1CC1C(=O)NC1(C(=O)O)CC2(CCC2)C1)OCC1c2ccccc2-c2ccccc21. The number of amides is 2. The van der Waals surface area contributed by atoms with Crippen molar-refractivity contribution in [2.75, 3.05) is 13.2 Å². The Labute approximate surface area is 204 Å². The molecule has 2 aromatic rings. The van der Waals surface area contributed by atoms with Gasteiger partial charge in [-0.2, -0.15) is 0 Å². The monoisotopic (exact) mass is 474 g/mol. The van der Waals surface area contributed by atoms with Gasteiger partial charge in [-0.3, -0.25) is 4.79 Å². The lowest BCUT2D eigenvalue weighted by Crippen LogP contribution is -2.68. The summed E-state index contributed by atoms with van der Waals surface area (Å²) in [5, 5.41) is 15.3. The highest BCUT2D eigenvalue weighted by atomic mass is 16.5. The molecule has 7 heteroatoms. The lowest BCUT2D eigenvalue weighted by Gasteiger charge is -2.59. The molecule has 0 radical (unpaired) electrons. The van der Waals surface area contributed by atoms with Crippen LogP contribution in [0, 0.1) is 17.3 Å². The minimum atomic E-state index is -1.11. The number of nitrogens with one attached hydrogen (secondary N) is 2. The maximum absolute atomic E-state index is 12.7. The normalized spacial score (nSPS) is 24.3. The van der Waals surface area contributed by atoms with E-state index in [0.29, 0.717) is 25.8 Å². The van der Waals surface area contributed by atoms with Crippen molar-refractivity contribution in [1.82, 2.24) is 10.6 Å². The van der Waals surface area contributed by atoms with Gasteiger partial charge in [-0.05, 0) is 65.7 Å². The van der Waals surface area contributed by atoms with Gasteiger partial charge < -0.3 is 20.5 Å². The van der Waals surface area contributed by atoms with Crippen LogP contribution in [0.3, 0.4) is 0 Å². The smallest absolute Gasteiger partial charge is 0.407 e. The first kappa shape index (κ1) is 22.1.